The molecule has 3 amide bonds. The second kappa shape index (κ2) is 15.3. The lowest BCUT2D eigenvalue weighted by atomic mass is 9.85. The Balaban J connectivity index is 1.66. The maximum Gasteiger partial charge on any atom is 0.406 e. The number of likely N-dealkylation sites (N-methyl/N-ethyl adjacent to an activating group) is 1. The Morgan fingerprint density at radius 2 is 2.05 bits per heavy atom. The minimum atomic E-state index is -0.830. The molecule has 0 spiro atoms. The molecule has 1 heterocycles. The fraction of sp³-hybridized carbons (Fsp3) is 0.692. The van der Waals surface area contributed by atoms with Crippen molar-refractivity contribution in [3.63, 3.8) is 0 Å². The van der Waals surface area contributed by atoms with Crippen molar-refractivity contribution in [3.05, 3.63) is 34.6 Å². The number of halogens is 2. The monoisotopic (exact) mass is 542 g/mol. The number of morpholine rings is 1. The van der Waals surface area contributed by atoms with E-state index in [2.05, 4.69) is 20.7 Å². The maximum absolute atomic E-state index is 15.0. The number of hydrogen-bond donors (Lipinski definition) is 3. The van der Waals surface area contributed by atoms with Crippen LogP contribution >= 0.6 is 11.6 Å². The van der Waals surface area contributed by atoms with Crippen LogP contribution in [0.3, 0.4) is 0 Å². The highest BCUT2D eigenvalue weighted by Crippen LogP contribution is 2.31. The van der Waals surface area contributed by atoms with E-state index in [-0.39, 0.29) is 42.4 Å². The first-order valence-corrected chi connectivity index (χ1v) is 13.5. The lowest BCUT2D eigenvalue weighted by Crippen LogP contribution is -2.54. The molecule has 1 saturated carbocycles. The molecule has 2 fully saturated rings. The van der Waals surface area contributed by atoms with Gasteiger partial charge in [-0.15, -0.1) is 0 Å². The molecule has 11 heteroatoms. The van der Waals surface area contributed by atoms with E-state index in [0.717, 1.165) is 6.42 Å². The van der Waals surface area contributed by atoms with Crippen molar-refractivity contribution in [2.45, 2.75) is 56.8 Å². The molecule has 1 aromatic carbocycles. The molecule has 0 unspecified atom stereocenters. The van der Waals surface area contributed by atoms with E-state index in [1.165, 1.54) is 45.3 Å². The first-order valence-electron chi connectivity index (χ1n) is 13.1. The summed E-state index contributed by atoms with van der Waals surface area (Å²) in [6.07, 6.45) is 5.15. The van der Waals surface area contributed by atoms with Crippen LogP contribution in [0.15, 0.2) is 18.2 Å². The van der Waals surface area contributed by atoms with Crippen molar-refractivity contribution < 1.29 is 28.2 Å². The van der Waals surface area contributed by atoms with Crippen LogP contribution in [-0.4, -0.2) is 82.7 Å². The van der Waals surface area contributed by atoms with E-state index in [1.807, 2.05) is 7.05 Å². The number of alkyl carbamates (subject to hydrolysis) is 1. The van der Waals surface area contributed by atoms with Gasteiger partial charge in [-0.1, -0.05) is 55.8 Å². The van der Waals surface area contributed by atoms with E-state index in [9.17, 15) is 14.0 Å². The number of nitrogens with one attached hydrogen (secondary N) is 3. The smallest absolute Gasteiger partial charge is 0.406 e. The van der Waals surface area contributed by atoms with Crippen LogP contribution in [0.25, 0.3) is 0 Å². The molecule has 208 valence electrons. The van der Waals surface area contributed by atoms with Crippen molar-refractivity contribution >= 4 is 23.7 Å². The lowest BCUT2D eigenvalue weighted by molar-refractivity contribution is -0.106. The highest BCUT2D eigenvalue weighted by Gasteiger charge is 2.34. The second-order valence-corrected chi connectivity index (χ2v) is 10.1. The molecular weight excluding hydrogens is 503 g/mol. The molecule has 3 rings (SSSR count). The summed E-state index contributed by atoms with van der Waals surface area (Å²) < 4.78 is 31.5. The Morgan fingerprint density at radius 1 is 1.27 bits per heavy atom. The summed E-state index contributed by atoms with van der Waals surface area (Å²) in [6.45, 7) is 1.89. The highest BCUT2D eigenvalue weighted by molar-refractivity contribution is 6.30. The normalized spacial score (nSPS) is 20.2. The minimum Gasteiger partial charge on any atom is -0.453 e. The van der Waals surface area contributed by atoms with Gasteiger partial charge in [-0.25, -0.2) is 14.0 Å². The van der Waals surface area contributed by atoms with Crippen LogP contribution in [0.4, 0.5) is 14.0 Å². The minimum absolute atomic E-state index is 0.0261. The largest absolute Gasteiger partial charge is 0.453 e. The van der Waals surface area contributed by atoms with Crippen molar-refractivity contribution in [2.24, 2.45) is 5.92 Å². The first-order chi connectivity index (χ1) is 17.9. The number of carbonyl (C=O) groups excluding carboxylic acids is 2. The average Bonchev–Trinajstić information content (AvgIpc) is 2.91. The van der Waals surface area contributed by atoms with Crippen LogP contribution in [0.1, 0.15) is 50.2 Å². The molecule has 3 N–H and O–H groups in total. The van der Waals surface area contributed by atoms with E-state index in [1.54, 1.807) is 17.0 Å². The number of hydrogen-bond acceptors (Lipinski definition) is 6. The second-order valence-electron chi connectivity index (χ2n) is 9.65. The van der Waals surface area contributed by atoms with Crippen LogP contribution in [0, 0.1) is 11.7 Å². The average molecular weight is 543 g/mol. The summed E-state index contributed by atoms with van der Waals surface area (Å²) in [5, 5.41) is 8.90. The predicted octanol–water partition coefficient (Wildman–Crippen LogP) is 3.86. The van der Waals surface area contributed by atoms with Gasteiger partial charge in [0, 0.05) is 31.2 Å². The van der Waals surface area contributed by atoms with Gasteiger partial charge in [-0.05, 0) is 25.5 Å². The summed E-state index contributed by atoms with van der Waals surface area (Å²) in [5.74, 6) is 0.0360. The molecule has 37 heavy (non-hydrogen) atoms. The van der Waals surface area contributed by atoms with Gasteiger partial charge >= 0.3 is 12.1 Å². The fourth-order valence-corrected chi connectivity index (χ4v) is 5.30. The van der Waals surface area contributed by atoms with Crippen molar-refractivity contribution in [2.75, 3.05) is 53.6 Å². The number of rotatable bonds is 11. The number of benzene rings is 1. The Hall–Kier alpha value is -2.14. The molecule has 1 aliphatic carbocycles. The van der Waals surface area contributed by atoms with E-state index < -0.39 is 24.1 Å². The molecular formula is C26H40ClFN4O5. The van der Waals surface area contributed by atoms with Gasteiger partial charge < -0.3 is 35.1 Å². The van der Waals surface area contributed by atoms with Crippen LogP contribution in [0.2, 0.25) is 5.02 Å². The number of methoxy groups -OCH3 is 1. The van der Waals surface area contributed by atoms with Gasteiger partial charge in [-0.3, -0.25) is 0 Å². The van der Waals surface area contributed by atoms with E-state index in [0.29, 0.717) is 25.6 Å². The van der Waals surface area contributed by atoms with E-state index in [4.69, 9.17) is 21.1 Å². The number of amides is 3. The Morgan fingerprint density at radius 3 is 2.78 bits per heavy atom. The fourth-order valence-electron chi connectivity index (χ4n) is 5.12. The number of urea groups is 1. The summed E-state index contributed by atoms with van der Waals surface area (Å²) in [7, 11) is 3.16. The van der Waals surface area contributed by atoms with Crippen molar-refractivity contribution in [1.29, 1.82) is 0 Å². The highest BCUT2D eigenvalue weighted by atomic mass is 35.5. The summed E-state index contributed by atoms with van der Waals surface area (Å²) in [5.41, 5.74) is 0.239. The van der Waals surface area contributed by atoms with Gasteiger partial charge in [0.15, 0.2) is 0 Å². The van der Waals surface area contributed by atoms with Gasteiger partial charge in [0.05, 0.1) is 31.9 Å². The van der Waals surface area contributed by atoms with Gasteiger partial charge in [0.25, 0.3) is 0 Å². The molecule has 0 radical (unpaired) electrons. The molecule has 0 bridgehead atoms. The summed E-state index contributed by atoms with van der Waals surface area (Å²) in [6, 6.07) is 4.57. The third-order valence-corrected chi connectivity index (χ3v) is 7.27. The first kappa shape index (κ1) is 29.4. The number of carbonyl (C=O) groups is 2. The van der Waals surface area contributed by atoms with Crippen molar-refractivity contribution in [1.82, 2.24) is 20.9 Å². The zero-order chi connectivity index (χ0) is 26.6. The standard InChI is InChI=1S/C26H40ClFN4O5/c1-29-16-19(15-18-7-4-3-5-8-18)31-25(33)32-12-14-36-22(17-32)24(37-13-11-30-26(34)35-2)20-9-6-10-21(27)23(20)28/h6,9-10,18-19,22,24,29H,3-5,7-8,11-17H2,1-2H3,(H,30,34)(H,31,33)/t19-,22+,24-/m0/s1. The SMILES string of the molecule is CNC[C@H](CC1CCCCC1)NC(=O)N1CCO[C@@H]([C@@H](OCCNC(=O)OC)c2cccc(Cl)c2F)C1. The molecule has 3 atom stereocenters. The Labute approximate surface area is 223 Å². The Kier molecular flexibility index (Phi) is 12.2. The Bertz CT molecular complexity index is 873. The van der Waals surface area contributed by atoms with Crippen molar-refractivity contribution in [3.8, 4) is 0 Å². The molecule has 2 aliphatic rings. The third-order valence-electron chi connectivity index (χ3n) is 6.98. The zero-order valence-corrected chi connectivity index (χ0v) is 22.5. The van der Waals surface area contributed by atoms with Crippen LogP contribution in [-0.2, 0) is 14.2 Å². The van der Waals surface area contributed by atoms with Gasteiger partial charge in [0.2, 0.25) is 0 Å². The topological polar surface area (TPSA) is 101 Å². The maximum atomic E-state index is 15.0. The lowest BCUT2D eigenvalue weighted by Gasteiger charge is -2.38. The summed E-state index contributed by atoms with van der Waals surface area (Å²) in [4.78, 5) is 26.3. The van der Waals surface area contributed by atoms with Gasteiger partial charge in [-0.2, -0.15) is 0 Å². The third kappa shape index (κ3) is 8.98. The zero-order valence-electron chi connectivity index (χ0n) is 21.8. The predicted molar refractivity (Wildman–Crippen MR) is 139 cm³/mol. The number of nitrogens with zero attached hydrogens (tertiary/aromatic N) is 1. The van der Waals surface area contributed by atoms with E-state index >= 15 is 0 Å². The quantitative estimate of drug-likeness (QED) is 0.367. The number of ether oxygens (including phenoxy) is 3. The molecule has 1 saturated heterocycles. The van der Waals surface area contributed by atoms with Crippen LogP contribution in [0.5, 0.6) is 0 Å². The molecule has 1 aromatic rings. The molecule has 0 aromatic heterocycles. The van der Waals surface area contributed by atoms with Gasteiger partial charge in [0.1, 0.15) is 18.0 Å². The molecule has 9 nitrogen and oxygen atoms in total. The summed E-state index contributed by atoms with van der Waals surface area (Å²) >= 11 is 6.04. The molecule has 1 aliphatic heterocycles. The van der Waals surface area contributed by atoms with Crippen LogP contribution < -0.4 is 16.0 Å².